The van der Waals surface area contributed by atoms with Crippen molar-refractivity contribution < 1.29 is 14.3 Å². The molecular weight excluding hydrogens is 448 g/mol. The van der Waals surface area contributed by atoms with E-state index in [4.69, 9.17) is 21.1 Å². The topological polar surface area (TPSA) is 42.0 Å². The second kappa shape index (κ2) is 12.0. The smallest absolute Gasteiger partial charge is 0.310 e. The molecule has 0 saturated carbocycles. The van der Waals surface area contributed by atoms with Crippen LogP contribution in [0.15, 0.2) is 72.8 Å². The highest BCUT2D eigenvalue weighted by molar-refractivity contribution is 6.30. The maximum absolute atomic E-state index is 11.6. The molecule has 3 aromatic carbocycles. The third-order valence-corrected chi connectivity index (χ3v) is 6.48. The molecule has 1 heterocycles. The third kappa shape index (κ3) is 6.60. The number of esters is 1. The van der Waals surface area contributed by atoms with Gasteiger partial charge in [0.1, 0.15) is 12.4 Å². The Balaban J connectivity index is 1.26. The van der Waals surface area contributed by atoms with Gasteiger partial charge in [-0.25, -0.2) is 0 Å². The first-order valence-electron chi connectivity index (χ1n) is 11.7. The first-order chi connectivity index (χ1) is 16.6. The van der Waals surface area contributed by atoms with Crippen LogP contribution in [0.5, 0.6) is 5.75 Å². The molecule has 0 atom stereocenters. The van der Waals surface area contributed by atoms with E-state index in [1.165, 1.54) is 23.8 Å². The van der Waals surface area contributed by atoms with Crippen molar-refractivity contribution in [2.24, 2.45) is 0 Å². The predicted octanol–water partition coefficient (Wildman–Crippen LogP) is 4.92. The molecule has 0 spiro atoms. The maximum Gasteiger partial charge on any atom is 0.310 e. The van der Waals surface area contributed by atoms with E-state index in [1.54, 1.807) is 0 Å². The van der Waals surface area contributed by atoms with E-state index < -0.39 is 0 Å². The third-order valence-electron chi connectivity index (χ3n) is 6.23. The Morgan fingerprint density at radius 2 is 1.50 bits per heavy atom. The van der Waals surface area contributed by atoms with Crippen LogP contribution < -0.4 is 4.74 Å². The molecule has 0 amide bonds. The quantitative estimate of drug-likeness (QED) is 0.408. The number of ether oxygens (including phenoxy) is 2. The van der Waals surface area contributed by atoms with E-state index in [0.29, 0.717) is 6.61 Å². The van der Waals surface area contributed by atoms with Crippen molar-refractivity contribution in [3.63, 3.8) is 0 Å². The van der Waals surface area contributed by atoms with Gasteiger partial charge >= 0.3 is 5.97 Å². The van der Waals surface area contributed by atoms with Crippen molar-refractivity contribution in [3.05, 3.63) is 88.9 Å². The SMILES string of the molecule is COC(=O)Cc1ccccc1OCCN1CCN(Cc2ccccc2-c2ccc(Cl)cc2)CC1. The van der Waals surface area contributed by atoms with Crippen LogP contribution >= 0.6 is 11.6 Å². The van der Waals surface area contributed by atoms with Gasteiger partial charge < -0.3 is 9.47 Å². The van der Waals surface area contributed by atoms with Gasteiger partial charge in [-0.05, 0) is 34.9 Å². The van der Waals surface area contributed by atoms with Crippen LogP contribution in [-0.4, -0.2) is 62.2 Å². The van der Waals surface area contributed by atoms with Gasteiger partial charge in [0.25, 0.3) is 0 Å². The fourth-order valence-electron chi connectivity index (χ4n) is 4.28. The predicted molar refractivity (Wildman–Crippen MR) is 136 cm³/mol. The Bertz CT molecular complexity index is 1080. The number of hydrogen-bond acceptors (Lipinski definition) is 5. The van der Waals surface area contributed by atoms with Crippen molar-refractivity contribution in [1.82, 2.24) is 9.80 Å². The first-order valence-corrected chi connectivity index (χ1v) is 12.1. The molecule has 178 valence electrons. The Hall–Kier alpha value is -2.86. The van der Waals surface area contributed by atoms with Crippen LogP contribution in [-0.2, 0) is 22.5 Å². The molecular formula is C28H31ClN2O3. The summed E-state index contributed by atoms with van der Waals surface area (Å²) >= 11 is 6.07. The minimum absolute atomic E-state index is 0.225. The molecule has 1 saturated heterocycles. The average molecular weight is 479 g/mol. The molecule has 0 N–H and O–H groups in total. The molecule has 6 heteroatoms. The van der Waals surface area contributed by atoms with Crippen LogP contribution in [0.1, 0.15) is 11.1 Å². The molecule has 0 aromatic heterocycles. The van der Waals surface area contributed by atoms with Gasteiger partial charge in [-0.2, -0.15) is 0 Å². The highest BCUT2D eigenvalue weighted by Gasteiger charge is 2.18. The largest absolute Gasteiger partial charge is 0.492 e. The summed E-state index contributed by atoms with van der Waals surface area (Å²) in [6.07, 6.45) is 0.225. The summed E-state index contributed by atoms with van der Waals surface area (Å²) in [4.78, 5) is 16.6. The molecule has 0 bridgehead atoms. The van der Waals surface area contributed by atoms with Crippen LogP contribution in [0.3, 0.4) is 0 Å². The number of carbonyl (C=O) groups is 1. The summed E-state index contributed by atoms with van der Waals surface area (Å²) in [5.74, 6) is 0.496. The van der Waals surface area contributed by atoms with Gasteiger partial charge in [0.05, 0.1) is 13.5 Å². The number of para-hydroxylation sites is 1. The van der Waals surface area contributed by atoms with E-state index in [9.17, 15) is 4.79 Å². The average Bonchev–Trinajstić information content (AvgIpc) is 2.87. The summed E-state index contributed by atoms with van der Waals surface area (Å²) in [5.41, 5.74) is 4.66. The van der Waals surface area contributed by atoms with E-state index in [-0.39, 0.29) is 12.4 Å². The highest BCUT2D eigenvalue weighted by Crippen LogP contribution is 2.26. The van der Waals surface area contributed by atoms with Gasteiger partial charge in [-0.15, -0.1) is 0 Å². The lowest BCUT2D eigenvalue weighted by Crippen LogP contribution is -2.47. The van der Waals surface area contributed by atoms with E-state index in [2.05, 4.69) is 46.2 Å². The van der Waals surface area contributed by atoms with Crippen molar-refractivity contribution in [2.45, 2.75) is 13.0 Å². The highest BCUT2D eigenvalue weighted by atomic mass is 35.5. The number of rotatable bonds is 9. The van der Waals surface area contributed by atoms with Crippen LogP contribution in [0, 0.1) is 0 Å². The molecule has 5 nitrogen and oxygen atoms in total. The molecule has 0 unspecified atom stereocenters. The molecule has 1 fully saturated rings. The Morgan fingerprint density at radius 3 is 2.24 bits per heavy atom. The number of nitrogens with zero attached hydrogens (tertiary/aromatic N) is 2. The number of piperazine rings is 1. The maximum atomic E-state index is 11.6. The second-order valence-corrected chi connectivity index (χ2v) is 8.93. The molecule has 1 aliphatic rings. The molecule has 0 radical (unpaired) electrons. The van der Waals surface area contributed by atoms with E-state index in [0.717, 1.165) is 55.6 Å². The number of methoxy groups -OCH3 is 1. The molecule has 34 heavy (non-hydrogen) atoms. The first kappa shape index (κ1) is 24.3. The van der Waals surface area contributed by atoms with E-state index >= 15 is 0 Å². The zero-order valence-electron chi connectivity index (χ0n) is 19.6. The monoisotopic (exact) mass is 478 g/mol. The lowest BCUT2D eigenvalue weighted by molar-refractivity contribution is -0.139. The number of benzene rings is 3. The van der Waals surface area contributed by atoms with Crippen molar-refractivity contribution in [1.29, 1.82) is 0 Å². The summed E-state index contributed by atoms with van der Waals surface area (Å²) in [6.45, 7) is 6.46. The molecule has 3 aromatic rings. The van der Waals surface area contributed by atoms with Crippen molar-refractivity contribution in [3.8, 4) is 16.9 Å². The zero-order valence-corrected chi connectivity index (χ0v) is 20.3. The summed E-state index contributed by atoms with van der Waals surface area (Å²) < 4.78 is 10.8. The van der Waals surface area contributed by atoms with Gasteiger partial charge in [-0.1, -0.05) is 66.2 Å². The lowest BCUT2D eigenvalue weighted by Gasteiger charge is -2.35. The summed E-state index contributed by atoms with van der Waals surface area (Å²) in [7, 11) is 1.40. The number of hydrogen-bond donors (Lipinski definition) is 0. The van der Waals surface area contributed by atoms with Crippen LogP contribution in [0.4, 0.5) is 0 Å². The summed E-state index contributed by atoms with van der Waals surface area (Å²) in [5, 5.41) is 0.758. The minimum atomic E-state index is -0.259. The fraction of sp³-hybridized carbons (Fsp3) is 0.321. The normalized spacial score (nSPS) is 14.6. The number of halogens is 1. The van der Waals surface area contributed by atoms with Crippen molar-refractivity contribution >= 4 is 17.6 Å². The van der Waals surface area contributed by atoms with Gasteiger partial charge in [0.15, 0.2) is 0 Å². The minimum Gasteiger partial charge on any atom is -0.492 e. The fourth-order valence-corrected chi connectivity index (χ4v) is 4.41. The zero-order chi connectivity index (χ0) is 23.8. The standard InChI is InChI=1S/C28H31ClN2O3/c1-33-28(32)20-23-6-3-5-9-27(23)34-19-18-30-14-16-31(17-15-30)21-24-7-2-4-8-26(24)22-10-12-25(29)13-11-22/h2-13H,14-21H2,1H3. The molecule has 1 aliphatic heterocycles. The Morgan fingerprint density at radius 1 is 0.853 bits per heavy atom. The van der Waals surface area contributed by atoms with Gasteiger partial charge in [0.2, 0.25) is 0 Å². The summed E-state index contributed by atoms with van der Waals surface area (Å²) in [6, 6.07) is 24.3. The lowest BCUT2D eigenvalue weighted by atomic mass is 9.99. The molecule has 0 aliphatic carbocycles. The van der Waals surface area contributed by atoms with Crippen molar-refractivity contribution in [2.75, 3.05) is 46.4 Å². The van der Waals surface area contributed by atoms with E-state index in [1.807, 2.05) is 36.4 Å². The van der Waals surface area contributed by atoms with Gasteiger partial charge in [-0.3, -0.25) is 14.6 Å². The van der Waals surface area contributed by atoms with Gasteiger partial charge in [0, 0.05) is 49.9 Å². The van der Waals surface area contributed by atoms with Crippen LogP contribution in [0.2, 0.25) is 5.02 Å². The Labute approximate surface area is 206 Å². The number of carbonyl (C=O) groups excluding carboxylic acids is 1. The Kier molecular flexibility index (Phi) is 8.58. The van der Waals surface area contributed by atoms with Crippen LogP contribution in [0.25, 0.3) is 11.1 Å². The molecule has 4 rings (SSSR count). The second-order valence-electron chi connectivity index (χ2n) is 8.49.